The maximum Gasteiger partial charge on any atom is 0.197 e. The molecule has 0 radical (unpaired) electrons. The van der Waals surface area contributed by atoms with Gasteiger partial charge in [0.15, 0.2) is 5.88 Å². The van der Waals surface area contributed by atoms with Crippen molar-refractivity contribution in [3.63, 3.8) is 0 Å². The fourth-order valence-electron chi connectivity index (χ4n) is 2.13. The summed E-state index contributed by atoms with van der Waals surface area (Å²) in [6.07, 6.45) is 0. The predicted octanol–water partition coefficient (Wildman–Crippen LogP) is 3.61. The van der Waals surface area contributed by atoms with Crippen molar-refractivity contribution >= 4 is 5.57 Å². The summed E-state index contributed by atoms with van der Waals surface area (Å²) in [5.41, 5.74) is 3.41. The average Bonchev–Trinajstić information content (AvgIpc) is 2.46. The lowest BCUT2D eigenvalue weighted by Crippen LogP contribution is -2.15. The third-order valence-electron chi connectivity index (χ3n) is 2.94. The van der Waals surface area contributed by atoms with Crippen molar-refractivity contribution in [3.05, 3.63) is 77.7 Å². The second-order valence-electron chi connectivity index (χ2n) is 4.51. The molecule has 2 aromatic rings. The molecule has 2 nitrogen and oxygen atoms in total. The molecule has 0 bridgehead atoms. The maximum atomic E-state index is 5.59. The Kier molecular flexibility index (Phi) is 4.24. The molecule has 2 heteroatoms. The largest absolute Gasteiger partial charge is 0.482 e. The Balaban J connectivity index is 2.64. The van der Waals surface area contributed by atoms with Crippen LogP contribution in [0.5, 0.6) is 0 Å². The molecule has 0 saturated heterocycles. The van der Waals surface area contributed by atoms with Crippen molar-refractivity contribution in [2.45, 2.75) is 0 Å². The number of nitrogens with zero attached hydrogens (tertiary/aromatic N) is 1. The maximum absolute atomic E-state index is 5.59. The van der Waals surface area contributed by atoms with Crippen molar-refractivity contribution in [1.29, 1.82) is 0 Å². The first-order chi connectivity index (χ1) is 9.24. The molecule has 0 amide bonds. The van der Waals surface area contributed by atoms with E-state index in [0.717, 1.165) is 22.6 Å². The van der Waals surface area contributed by atoms with Crippen LogP contribution in [0.3, 0.4) is 0 Å². The lowest BCUT2D eigenvalue weighted by atomic mass is 9.98. The molecule has 0 spiro atoms. The highest BCUT2D eigenvalue weighted by atomic mass is 16.5. The highest BCUT2D eigenvalue weighted by Crippen LogP contribution is 2.27. The zero-order valence-electron chi connectivity index (χ0n) is 11.6. The molecule has 0 unspecified atom stereocenters. The zero-order valence-corrected chi connectivity index (χ0v) is 11.6. The third kappa shape index (κ3) is 2.97. The van der Waals surface area contributed by atoms with Crippen LogP contribution in [-0.4, -0.2) is 26.1 Å². The first-order valence-corrected chi connectivity index (χ1v) is 6.30. The van der Waals surface area contributed by atoms with Crippen LogP contribution in [0.15, 0.2) is 66.5 Å². The number of rotatable bonds is 4. The molecule has 19 heavy (non-hydrogen) atoms. The van der Waals surface area contributed by atoms with Crippen molar-refractivity contribution < 1.29 is 4.74 Å². The van der Waals surface area contributed by atoms with E-state index in [9.17, 15) is 0 Å². The van der Waals surface area contributed by atoms with E-state index in [1.807, 2.05) is 55.4 Å². The molecular formula is C17H19NO. The van der Waals surface area contributed by atoms with Gasteiger partial charge in [-0.25, -0.2) is 0 Å². The monoisotopic (exact) mass is 253 g/mol. The normalized spacial score (nSPS) is 9.84. The van der Waals surface area contributed by atoms with Crippen molar-refractivity contribution in [1.82, 2.24) is 4.90 Å². The number of methoxy groups -OCH3 is 1. The Morgan fingerprint density at radius 2 is 1.21 bits per heavy atom. The fourth-order valence-corrected chi connectivity index (χ4v) is 2.13. The Labute approximate surface area is 114 Å². The van der Waals surface area contributed by atoms with Crippen LogP contribution in [0.25, 0.3) is 5.57 Å². The third-order valence-corrected chi connectivity index (χ3v) is 2.94. The Hall–Kier alpha value is -2.22. The lowest BCUT2D eigenvalue weighted by Gasteiger charge is -2.21. The molecule has 2 aromatic carbocycles. The first kappa shape index (κ1) is 13.2. The fraction of sp³-hybridized carbons (Fsp3) is 0.176. The highest BCUT2D eigenvalue weighted by Gasteiger charge is 2.13. The molecule has 0 atom stereocenters. The molecule has 0 aliphatic carbocycles. The molecule has 98 valence electrons. The summed E-state index contributed by atoms with van der Waals surface area (Å²) in [5, 5.41) is 0. The van der Waals surface area contributed by atoms with Gasteiger partial charge >= 0.3 is 0 Å². The second kappa shape index (κ2) is 6.10. The predicted molar refractivity (Wildman–Crippen MR) is 79.6 cm³/mol. The van der Waals surface area contributed by atoms with Gasteiger partial charge in [-0.3, -0.25) is 0 Å². The quantitative estimate of drug-likeness (QED) is 0.772. The van der Waals surface area contributed by atoms with Crippen LogP contribution in [0.4, 0.5) is 0 Å². The average molecular weight is 253 g/mol. The van der Waals surface area contributed by atoms with Gasteiger partial charge in [-0.15, -0.1) is 0 Å². The van der Waals surface area contributed by atoms with Gasteiger partial charge in [0.1, 0.15) is 0 Å². The summed E-state index contributed by atoms with van der Waals surface area (Å²) in [6.45, 7) is 0. The highest BCUT2D eigenvalue weighted by molar-refractivity contribution is 5.80. The Bertz CT molecular complexity index is 502. The van der Waals surface area contributed by atoms with E-state index in [-0.39, 0.29) is 0 Å². The molecule has 0 aliphatic rings. The summed E-state index contributed by atoms with van der Waals surface area (Å²) in [6, 6.07) is 20.6. The van der Waals surface area contributed by atoms with E-state index in [0.29, 0.717) is 0 Å². The molecule has 0 saturated carbocycles. The van der Waals surface area contributed by atoms with Crippen LogP contribution in [0.1, 0.15) is 11.1 Å². The topological polar surface area (TPSA) is 12.5 Å². The number of ether oxygens (including phenoxy) is 1. The van der Waals surface area contributed by atoms with Gasteiger partial charge in [-0.1, -0.05) is 60.7 Å². The number of hydrogen-bond donors (Lipinski definition) is 0. The van der Waals surface area contributed by atoms with E-state index >= 15 is 0 Å². The summed E-state index contributed by atoms with van der Waals surface area (Å²) >= 11 is 0. The minimum atomic E-state index is 0.859. The van der Waals surface area contributed by atoms with E-state index in [1.54, 1.807) is 7.11 Å². The molecule has 0 aliphatic heterocycles. The first-order valence-electron chi connectivity index (χ1n) is 6.30. The number of hydrogen-bond acceptors (Lipinski definition) is 2. The summed E-state index contributed by atoms with van der Waals surface area (Å²) in [4.78, 5) is 2.00. The van der Waals surface area contributed by atoms with E-state index in [4.69, 9.17) is 4.74 Å². The van der Waals surface area contributed by atoms with Crippen LogP contribution in [0, 0.1) is 0 Å². The molecule has 0 N–H and O–H groups in total. The minimum Gasteiger partial charge on any atom is -0.482 e. The molecule has 0 aromatic heterocycles. The molecule has 0 heterocycles. The smallest absolute Gasteiger partial charge is 0.197 e. The summed E-state index contributed by atoms with van der Waals surface area (Å²) in [5.74, 6) is 0.859. The van der Waals surface area contributed by atoms with Crippen molar-refractivity contribution in [3.8, 4) is 0 Å². The van der Waals surface area contributed by atoms with Gasteiger partial charge in [-0.2, -0.15) is 0 Å². The second-order valence-corrected chi connectivity index (χ2v) is 4.51. The van der Waals surface area contributed by atoms with Gasteiger partial charge in [0.05, 0.1) is 7.11 Å². The lowest BCUT2D eigenvalue weighted by molar-refractivity contribution is 0.197. The Morgan fingerprint density at radius 1 is 0.789 bits per heavy atom. The van der Waals surface area contributed by atoms with E-state index in [1.165, 1.54) is 0 Å². The molecule has 2 rings (SSSR count). The molecule has 0 fully saturated rings. The van der Waals surface area contributed by atoms with Crippen molar-refractivity contribution in [2.24, 2.45) is 0 Å². The van der Waals surface area contributed by atoms with Gasteiger partial charge in [0.25, 0.3) is 0 Å². The Morgan fingerprint density at radius 3 is 1.53 bits per heavy atom. The van der Waals surface area contributed by atoms with Crippen LogP contribution in [0.2, 0.25) is 0 Å². The van der Waals surface area contributed by atoms with Gasteiger partial charge in [0, 0.05) is 19.7 Å². The van der Waals surface area contributed by atoms with Crippen molar-refractivity contribution in [2.75, 3.05) is 21.2 Å². The van der Waals surface area contributed by atoms with Gasteiger partial charge in [-0.05, 0) is 11.1 Å². The van der Waals surface area contributed by atoms with E-state index < -0.39 is 0 Å². The molecular weight excluding hydrogens is 234 g/mol. The van der Waals surface area contributed by atoms with Gasteiger partial charge in [0.2, 0.25) is 0 Å². The standard InChI is InChI=1S/C17H19NO/c1-18(2)17(19-3)16(14-10-6-4-7-11-14)15-12-8-5-9-13-15/h4-13H,1-3H3. The van der Waals surface area contributed by atoms with Crippen LogP contribution >= 0.6 is 0 Å². The van der Waals surface area contributed by atoms with Gasteiger partial charge < -0.3 is 9.64 Å². The minimum absolute atomic E-state index is 0.859. The number of benzene rings is 2. The van der Waals surface area contributed by atoms with Crippen LogP contribution in [-0.2, 0) is 4.74 Å². The SMILES string of the molecule is COC(=C(c1ccccc1)c1ccccc1)N(C)C. The van der Waals surface area contributed by atoms with Crippen LogP contribution < -0.4 is 0 Å². The zero-order chi connectivity index (χ0) is 13.7. The summed E-state index contributed by atoms with van der Waals surface area (Å²) in [7, 11) is 5.69. The summed E-state index contributed by atoms with van der Waals surface area (Å²) < 4.78 is 5.59. The van der Waals surface area contributed by atoms with E-state index in [2.05, 4.69) is 24.3 Å².